The second-order valence-electron chi connectivity index (χ2n) is 9.74. The summed E-state index contributed by atoms with van der Waals surface area (Å²) in [6.45, 7) is 7.09. The molecule has 2 nitrogen and oxygen atoms in total. The molecule has 38 heavy (non-hydrogen) atoms. The van der Waals surface area contributed by atoms with Crippen LogP contribution in [-0.2, 0) is 5.16 Å². The molecule has 0 saturated heterocycles. The van der Waals surface area contributed by atoms with E-state index < -0.39 is 9.52 Å². The zero-order valence-corrected chi connectivity index (χ0v) is 24.2. The Kier molecular flexibility index (Phi) is 9.72. The maximum absolute atomic E-state index is 4.36. The number of hydrogen-bond acceptors (Lipinski definition) is 1. The largest absolute Gasteiger partial charge is 0.327 e. The summed E-state index contributed by atoms with van der Waals surface area (Å²) in [5, 5.41) is -0.108. The number of nitrogens with zero attached hydrogens (tertiary/aromatic N) is 2. The Morgan fingerprint density at radius 2 is 1.21 bits per heavy atom. The number of benzene rings is 4. The monoisotopic (exact) mass is 512 g/mol. The first kappa shape index (κ1) is 27.2. The first-order valence-corrected chi connectivity index (χ1v) is 15.2. The van der Waals surface area contributed by atoms with Gasteiger partial charge in [0.15, 0.2) is 0 Å². The summed E-state index contributed by atoms with van der Waals surface area (Å²) in [4.78, 5) is 4.36. The van der Waals surface area contributed by atoms with Crippen LogP contribution in [0.4, 0.5) is 0 Å². The summed E-state index contributed by atoms with van der Waals surface area (Å²) < 4.78 is 2.31. The van der Waals surface area contributed by atoms with E-state index >= 15 is 0 Å². The highest BCUT2D eigenvalue weighted by Crippen LogP contribution is 2.34. The van der Waals surface area contributed by atoms with Gasteiger partial charge in [-0.15, -0.1) is 0 Å². The summed E-state index contributed by atoms with van der Waals surface area (Å²) in [5.41, 5.74) is 6.92. The van der Waals surface area contributed by atoms with Crippen LogP contribution in [-0.4, -0.2) is 25.8 Å². The molecule has 1 heterocycles. The van der Waals surface area contributed by atoms with E-state index in [1.165, 1.54) is 33.7 Å². The number of rotatable bonds is 8. The molecule has 0 aliphatic carbocycles. The molecule has 1 aromatic heterocycles. The normalized spacial score (nSPS) is 11.7. The lowest BCUT2D eigenvalue weighted by molar-refractivity contribution is 0.592. The molecule has 0 fully saturated rings. The topological polar surface area (TPSA) is 17.8 Å². The zero-order valence-electron chi connectivity index (χ0n) is 22.7. The minimum atomic E-state index is -0.551. The first-order chi connectivity index (χ1) is 18.6. The molecular formula is C34H37BN2Si. The van der Waals surface area contributed by atoms with Crippen LogP contribution in [0, 0.1) is 0 Å². The number of hydrogen-bond donors (Lipinski definition) is 0. The molecule has 0 aliphatic rings. The minimum absolute atomic E-state index is 0.108. The highest BCUT2D eigenvalue weighted by molar-refractivity contribution is 6.84. The van der Waals surface area contributed by atoms with E-state index in [1.807, 2.05) is 12.5 Å². The van der Waals surface area contributed by atoms with Gasteiger partial charge in [-0.2, -0.15) is 0 Å². The Bertz CT molecular complexity index is 1290. The van der Waals surface area contributed by atoms with Gasteiger partial charge in [0.25, 0.3) is 0 Å². The smallest absolute Gasteiger partial charge is 0.206 e. The van der Waals surface area contributed by atoms with Gasteiger partial charge in [-0.1, -0.05) is 151 Å². The lowest BCUT2D eigenvalue weighted by Gasteiger charge is -2.37. The fraction of sp³-hybridized carbons (Fsp3) is 0.147. The van der Waals surface area contributed by atoms with E-state index in [9.17, 15) is 0 Å². The van der Waals surface area contributed by atoms with Crippen LogP contribution in [0.1, 0.15) is 25.0 Å². The Morgan fingerprint density at radius 1 is 0.763 bits per heavy atom. The van der Waals surface area contributed by atoms with E-state index in [1.54, 1.807) is 0 Å². The van der Waals surface area contributed by atoms with Crippen molar-refractivity contribution in [1.29, 1.82) is 0 Å². The van der Waals surface area contributed by atoms with Crippen LogP contribution >= 0.6 is 0 Å². The van der Waals surface area contributed by atoms with Crippen molar-refractivity contribution in [1.82, 2.24) is 9.55 Å². The fourth-order valence-electron chi connectivity index (χ4n) is 4.99. The molecule has 0 atom stereocenters. The molecule has 0 spiro atoms. The van der Waals surface area contributed by atoms with Crippen molar-refractivity contribution in [2.45, 2.75) is 31.9 Å². The van der Waals surface area contributed by atoms with Gasteiger partial charge in [0.1, 0.15) is 0 Å². The van der Waals surface area contributed by atoms with Crippen molar-refractivity contribution in [3.63, 3.8) is 0 Å². The molecule has 0 bridgehead atoms. The molecule has 0 N–H and O–H groups in total. The zero-order chi connectivity index (χ0) is 26.6. The third-order valence-corrected chi connectivity index (χ3v) is 10.4. The average Bonchev–Trinajstić information content (AvgIpc) is 3.55. The summed E-state index contributed by atoms with van der Waals surface area (Å²) >= 11 is 0. The standard InChI is InChI=1S/C21H24N2Si.C13H13B/c1-3-18(2)16-24-21(23-15-14-22-17-23,19-10-6-4-7-11-19)20-12-8-5-9-13-20;1-14(12-8-4-2-5-9-12)13-10-6-3-7-11-13/h3-15,17H,16,24H2,1-2H3;2-11H,1H3. The Hall–Kier alpha value is -3.89. The van der Waals surface area contributed by atoms with Gasteiger partial charge in [-0.3, -0.25) is 0 Å². The van der Waals surface area contributed by atoms with Crippen LogP contribution in [0.15, 0.2) is 152 Å². The molecule has 0 unspecified atom stereocenters. The lowest BCUT2D eigenvalue weighted by atomic mass is 9.43. The van der Waals surface area contributed by atoms with Gasteiger partial charge in [-0.05, 0) is 31.0 Å². The average molecular weight is 513 g/mol. The first-order valence-electron chi connectivity index (χ1n) is 13.5. The predicted octanol–water partition coefficient (Wildman–Crippen LogP) is 6.11. The Balaban J connectivity index is 0.000000204. The van der Waals surface area contributed by atoms with Crippen LogP contribution in [0.2, 0.25) is 12.9 Å². The Labute approximate surface area is 231 Å². The van der Waals surface area contributed by atoms with Crippen molar-refractivity contribution in [3.05, 3.63) is 163 Å². The maximum atomic E-state index is 4.36. The minimum Gasteiger partial charge on any atom is -0.327 e. The van der Waals surface area contributed by atoms with Crippen LogP contribution in [0.5, 0.6) is 0 Å². The summed E-state index contributed by atoms with van der Waals surface area (Å²) in [6, 6.07) is 44.1. The molecule has 5 rings (SSSR count). The quantitative estimate of drug-likeness (QED) is 0.181. The van der Waals surface area contributed by atoms with E-state index in [0.717, 1.165) is 0 Å². The highest BCUT2D eigenvalue weighted by atomic mass is 28.2. The van der Waals surface area contributed by atoms with Crippen molar-refractivity contribution in [3.8, 4) is 0 Å². The molecule has 0 amide bonds. The molecule has 0 saturated carbocycles. The molecule has 190 valence electrons. The van der Waals surface area contributed by atoms with E-state index in [0.29, 0.717) is 6.71 Å². The van der Waals surface area contributed by atoms with Gasteiger partial charge < -0.3 is 4.57 Å². The molecular weight excluding hydrogens is 475 g/mol. The van der Waals surface area contributed by atoms with Crippen LogP contribution < -0.4 is 10.9 Å². The molecule has 0 aliphatic heterocycles. The van der Waals surface area contributed by atoms with Gasteiger partial charge in [0.05, 0.1) is 21.0 Å². The van der Waals surface area contributed by atoms with E-state index in [4.69, 9.17) is 0 Å². The lowest BCUT2D eigenvalue weighted by Crippen LogP contribution is -2.41. The predicted molar refractivity (Wildman–Crippen MR) is 168 cm³/mol. The third-order valence-electron chi connectivity index (χ3n) is 7.42. The van der Waals surface area contributed by atoms with Gasteiger partial charge >= 0.3 is 0 Å². The van der Waals surface area contributed by atoms with Gasteiger partial charge in [0.2, 0.25) is 6.71 Å². The van der Waals surface area contributed by atoms with Gasteiger partial charge in [0, 0.05) is 12.4 Å². The number of allylic oxidation sites excluding steroid dienone is 2. The third kappa shape index (κ3) is 6.51. The summed E-state index contributed by atoms with van der Waals surface area (Å²) in [5.74, 6) is 0. The second-order valence-corrected chi connectivity index (χ2v) is 11.8. The van der Waals surface area contributed by atoms with Crippen molar-refractivity contribution in [2.24, 2.45) is 0 Å². The SMILES string of the molecule is CB(c1ccccc1)c1ccccc1.CC=C(C)C[SiH2]C(c1ccccc1)(c1ccccc1)n1ccnc1. The Morgan fingerprint density at radius 3 is 1.61 bits per heavy atom. The summed E-state index contributed by atoms with van der Waals surface area (Å²) in [7, 11) is -0.551. The number of aromatic nitrogens is 2. The molecule has 0 radical (unpaired) electrons. The van der Waals surface area contributed by atoms with Crippen LogP contribution in [0.25, 0.3) is 0 Å². The highest BCUT2D eigenvalue weighted by Gasteiger charge is 2.35. The van der Waals surface area contributed by atoms with E-state index in [2.05, 4.69) is 164 Å². The maximum Gasteiger partial charge on any atom is 0.206 e. The molecule has 4 aromatic carbocycles. The molecule has 4 heteroatoms. The summed E-state index contributed by atoms with van der Waals surface area (Å²) in [6.07, 6.45) is 8.20. The molecule has 5 aromatic rings. The number of imidazole rings is 1. The fourth-order valence-corrected chi connectivity index (χ4v) is 7.53. The second kappa shape index (κ2) is 13.6. The van der Waals surface area contributed by atoms with Crippen molar-refractivity contribution < 1.29 is 0 Å². The van der Waals surface area contributed by atoms with Gasteiger partial charge in [-0.25, -0.2) is 4.98 Å². The van der Waals surface area contributed by atoms with Crippen molar-refractivity contribution in [2.75, 3.05) is 0 Å². The van der Waals surface area contributed by atoms with E-state index in [-0.39, 0.29) is 5.16 Å². The van der Waals surface area contributed by atoms with Crippen molar-refractivity contribution >= 4 is 27.2 Å². The van der Waals surface area contributed by atoms with Crippen LogP contribution in [0.3, 0.4) is 0 Å².